The summed E-state index contributed by atoms with van der Waals surface area (Å²) in [6.45, 7) is 1.84. The molecule has 1 fully saturated rings. The minimum Gasteiger partial charge on any atom is -0.496 e. The van der Waals surface area contributed by atoms with Crippen molar-refractivity contribution in [2.24, 2.45) is 0 Å². The summed E-state index contributed by atoms with van der Waals surface area (Å²) < 4.78 is 25.2. The van der Waals surface area contributed by atoms with Gasteiger partial charge in [-0.05, 0) is 52.4 Å². The summed E-state index contributed by atoms with van der Waals surface area (Å²) in [7, 11) is 3.28. The van der Waals surface area contributed by atoms with Gasteiger partial charge in [0, 0.05) is 26.1 Å². The molecule has 3 aromatic carbocycles. The quantitative estimate of drug-likeness (QED) is 0.532. The van der Waals surface area contributed by atoms with Crippen LogP contribution in [0.2, 0.25) is 0 Å². The molecule has 0 aromatic heterocycles. The molecule has 0 saturated carbocycles. The highest BCUT2D eigenvalue weighted by Gasteiger charge is 2.23. The Balaban J connectivity index is 1.78. The van der Waals surface area contributed by atoms with E-state index in [-0.39, 0.29) is 6.42 Å². The number of ether oxygens (including phenoxy) is 2. The topological polar surface area (TPSA) is 59.0 Å². The maximum atomic E-state index is 13.6. The second kappa shape index (κ2) is 9.57. The van der Waals surface area contributed by atoms with Crippen LogP contribution in [0.3, 0.4) is 0 Å². The fourth-order valence-electron chi connectivity index (χ4n) is 4.56. The molecule has 0 aliphatic carbocycles. The molecule has 32 heavy (non-hydrogen) atoms. The van der Waals surface area contributed by atoms with Gasteiger partial charge in [-0.25, -0.2) is 4.39 Å². The van der Waals surface area contributed by atoms with Crippen molar-refractivity contribution >= 4 is 16.7 Å². The van der Waals surface area contributed by atoms with Gasteiger partial charge in [-0.3, -0.25) is 9.69 Å². The Morgan fingerprint density at radius 1 is 1.09 bits per heavy atom. The molecule has 0 amide bonds. The van der Waals surface area contributed by atoms with Gasteiger partial charge >= 0.3 is 5.97 Å². The van der Waals surface area contributed by atoms with Crippen molar-refractivity contribution < 1.29 is 23.8 Å². The zero-order chi connectivity index (χ0) is 22.7. The predicted molar refractivity (Wildman–Crippen MR) is 123 cm³/mol. The van der Waals surface area contributed by atoms with Crippen LogP contribution in [-0.4, -0.2) is 49.5 Å². The third-order valence-corrected chi connectivity index (χ3v) is 6.08. The van der Waals surface area contributed by atoms with Crippen molar-refractivity contribution in [1.82, 2.24) is 4.90 Å². The molecule has 3 aromatic rings. The van der Waals surface area contributed by atoms with Gasteiger partial charge in [0.25, 0.3) is 0 Å². The average molecular weight is 438 g/mol. The summed E-state index contributed by atoms with van der Waals surface area (Å²) in [5.41, 5.74) is 3.82. The van der Waals surface area contributed by atoms with Gasteiger partial charge < -0.3 is 14.6 Å². The summed E-state index contributed by atoms with van der Waals surface area (Å²) >= 11 is 0. The van der Waals surface area contributed by atoms with Crippen LogP contribution in [0.15, 0.2) is 48.5 Å². The second-order valence-corrected chi connectivity index (χ2v) is 8.21. The molecule has 0 bridgehead atoms. The van der Waals surface area contributed by atoms with Gasteiger partial charge in [-0.1, -0.05) is 36.4 Å². The number of alkyl halides is 1. The van der Waals surface area contributed by atoms with Crippen LogP contribution in [0.4, 0.5) is 4.39 Å². The normalized spacial score (nSPS) is 16.4. The molecule has 1 unspecified atom stereocenters. The van der Waals surface area contributed by atoms with Gasteiger partial charge in [-0.2, -0.15) is 0 Å². The number of aliphatic carboxylic acids is 1. The largest absolute Gasteiger partial charge is 0.496 e. The number of carboxylic acids is 1. The Bertz CT molecular complexity index is 1110. The first kappa shape index (κ1) is 22.1. The Morgan fingerprint density at radius 2 is 1.78 bits per heavy atom. The number of nitrogens with zero attached hydrogens (tertiary/aromatic N) is 1. The first-order valence-corrected chi connectivity index (χ1v) is 10.8. The summed E-state index contributed by atoms with van der Waals surface area (Å²) in [5.74, 6) is 0.576. The van der Waals surface area contributed by atoms with Gasteiger partial charge in [0.05, 0.1) is 19.8 Å². The number of fused-ring (bicyclic) bond motifs is 1. The van der Waals surface area contributed by atoms with E-state index < -0.39 is 12.1 Å². The third kappa shape index (κ3) is 4.55. The number of carboxylic acid groups (broad SMARTS) is 1. The third-order valence-electron chi connectivity index (χ3n) is 6.08. The van der Waals surface area contributed by atoms with E-state index in [0.717, 1.165) is 39.6 Å². The molecule has 1 saturated heterocycles. The van der Waals surface area contributed by atoms with Gasteiger partial charge in [-0.15, -0.1) is 0 Å². The van der Waals surface area contributed by atoms with Crippen LogP contribution in [0, 0.1) is 0 Å². The molecule has 1 heterocycles. The van der Waals surface area contributed by atoms with Crippen molar-refractivity contribution in [1.29, 1.82) is 0 Å². The summed E-state index contributed by atoms with van der Waals surface area (Å²) in [6, 6.07) is 16.0. The van der Waals surface area contributed by atoms with Gasteiger partial charge in [0.15, 0.2) is 0 Å². The molecule has 4 rings (SSSR count). The zero-order valence-corrected chi connectivity index (χ0v) is 18.4. The minimum absolute atomic E-state index is 0.0842. The monoisotopic (exact) mass is 437 g/mol. The van der Waals surface area contributed by atoms with Gasteiger partial charge in [0.2, 0.25) is 0 Å². The average Bonchev–Trinajstić information content (AvgIpc) is 3.20. The van der Waals surface area contributed by atoms with Gasteiger partial charge in [0.1, 0.15) is 17.7 Å². The molecule has 0 spiro atoms. The number of hydrogen-bond acceptors (Lipinski definition) is 4. The van der Waals surface area contributed by atoms with E-state index in [1.807, 2.05) is 48.5 Å². The van der Waals surface area contributed by atoms with Crippen LogP contribution in [0.25, 0.3) is 21.9 Å². The van der Waals surface area contributed by atoms with Crippen molar-refractivity contribution in [3.63, 3.8) is 0 Å². The highest BCUT2D eigenvalue weighted by Crippen LogP contribution is 2.43. The first-order valence-electron chi connectivity index (χ1n) is 10.8. The summed E-state index contributed by atoms with van der Waals surface area (Å²) in [5, 5.41) is 11.1. The molecule has 1 atom stereocenters. The lowest BCUT2D eigenvalue weighted by Crippen LogP contribution is -2.20. The van der Waals surface area contributed by atoms with Crippen molar-refractivity contribution in [3.8, 4) is 22.6 Å². The molecule has 168 valence electrons. The van der Waals surface area contributed by atoms with E-state index in [0.29, 0.717) is 37.4 Å². The number of benzene rings is 3. The van der Waals surface area contributed by atoms with Crippen molar-refractivity contribution in [3.05, 3.63) is 59.7 Å². The molecule has 1 N–H and O–H groups in total. The van der Waals surface area contributed by atoms with E-state index in [9.17, 15) is 9.18 Å². The number of methoxy groups -OCH3 is 2. The standard InChI is InChI=1S/C26H28FNO4/c1-31-23-13-17(15-28-12-11-19(27)16-28)14-24(32-2)26(23)22-8-4-6-20-18(9-10-25(29)30)5-3-7-21(20)22/h3-8,13-14,19H,9-12,15-16H2,1-2H3,(H,29,30). The molecule has 5 nitrogen and oxygen atoms in total. The molecule has 1 aliphatic rings. The smallest absolute Gasteiger partial charge is 0.303 e. The number of halogens is 1. The SMILES string of the molecule is COc1cc(CN2CCC(F)C2)cc(OC)c1-c1cccc2c(CCC(=O)O)cccc12. The number of aryl methyl sites for hydroxylation is 1. The van der Waals surface area contributed by atoms with E-state index in [1.165, 1.54) is 0 Å². The van der Waals surface area contributed by atoms with E-state index in [2.05, 4.69) is 4.90 Å². The van der Waals surface area contributed by atoms with Crippen molar-refractivity contribution in [2.75, 3.05) is 27.3 Å². The number of carbonyl (C=O) groups is 1. The van der Waals surface area contributed by atoms with Crippen LogP contribution in [0.5, 0.6) is 11.5 Å². The van der Waals surface area contributed by atoms with E-state index >= 15 is 0 Å². The van der Waals surface area contributed by atoms with E-state index in [1.54, 1.807) is 14.2 Å². The van der Waals surface area contributed by atoms with Crippen LogP contribution in [-0.2, 0) is 17.8 Å². The second-order valence-electron chi connectivity index (χ2n) is 8.21. The Kier molecular flexibility index (Phi) is 6.61. The van der Waals surface area contributed by atoms with Crippen LogP contribution >= 0.6 is 0 Å². The molecule has 6 heteroatoms. The minimum atomic E-state index is -0.811. The highest BCUT2D eigenvalue weighted by atomic mass is 19.1. The first-order chi connectivity index (χ1) is 15.5. The lowest BCUT2D eigenvalue weighted by molar-refractivity contribution is -0.136. The fraction of sp³-hybridized carbons (Fsp3) is 0.346. The Labute approximate surface area is 187 Å². The molecular weight excluding hydrogens is 409 g/mol. The lowest BCUT2D eigenvalue weighted by atomic mass is 9.92. The maximum Gasteiger partial charge on any atom is 0.303 e. The number of likely N-dealkylation sites (tertiary alicyclic amines) is 1. The van der Waals surface area contributed by atoms with Crippen molar-refractivity contribution in [2.45, 2.75) is 32.0 Å². The Morgan fingerprint density at radius 3 is 2.41 bits per heavy atom. The predicted octanol–water partition coefficient (Wildman–Crippen LogP) is 5.09. The summed E-state index contributed by atoms with van der Waals surface area (Å²) in [6.07, 6.45) is 0.367. The number of hydrogen-bond donors (Lipinski definition) is 1. The van der Waals surface area contributed by atoms with Crippen LogP contribution < -0.4 is 9.47 Å². The Hall–Kier alpha value is -3.12. The zero-order valence-electron chi connectivity index (χ0n) is 18.4. The fourth-order valence-corrected chi connectivity index (χ4v) is 4.56. The van der Waals surface area contributed by atoms with Crippen LogP contribution in [0.1, 0.15) is 24.0 Å². The molecular formula is C26H28FNO4. The molecule has 1 aliphatic heterocycles. The van der Waals surface area contributed by atoms with E-state index in [4.69, 9.17) is 14.6 Å². The highest BCUT2D eigenvalue weighted by molar-refractivity contribution is 6.01. The lowest BCUT2D eigenvalue weighted by Gasteiger charge is -2.20. The summed E-state index contributed by atoms with van der Waals surface area (Å²) in [4.78, 5) is 13.2. The number of rotatable bonds is 8. The molecule has 0 radical (unpaired) electrons. The maximum absolute atomic E-state index is 13.6.